The van der Waals surface area contributed by atoms with Crippen molar-refractivity contribution in [1.29, 1.82) is 0 Å². The molecule has 7 aromatic carbocycles. The molecule has 0 spiro atoms. The van der Waals surface area contributed by atoms with Crippen molar-refractivity contribution in [2.45, 2.75) is 20.6 Å². The predicted octanol–water partition coefficient (Wildman–Crippen LogP) is 11.5. The van der Waals surface area contributed by atoms with Gasteiger partial charge in [-0.2, -0.15) is 0 Å². The van der Waals surface area contributed by atoms with E-state index in [-0.39, 0.29) is 17.1 Å². The minimum absolute atomic E-state index is 0.0512. The van der Waals surface area contributed by atoms with Crippen molar-refractivity contribution in [3.05, 3.63) is 138 Å². The third-order valence-corrected chi connectivity index (χ3v) is 9.39. The summed E-state index contributed by atoms with van der Waals surface area (Å²) < 4.78 is 56.6. The minimum Gasteiger partial charge on any atom is -0.454 e. The summed E-state index contributed by atoms with van der Waals surface area (Å²) >= 11 is 0. The highest BCUT2D eigenvalue weighted by Gasteiger charge is 2.35. The summed E-state index contributed by atoms with van der Waals surface area (Å²) in [5.74, 6) is 0.734. The van der Waals surface area contributed by atoms with Crippen LogP contribution in [0, 0.1) is 20.6 Å². The molecule has 5 heteroatoms. The van der Waals surface area contributed by atoms with Crippen LogP contribution in [0.25, 0.3) is 76.8 Å². The van der Waals surface area contributed by atoms with E-state index in [1.165, 1.54) is 12.1 Å². The molecular formula is C43H29N3O2. The molecule has 3 heterocycles. The summed E-state index contributed by atoms with van der Waals surface area (Å²) in [6, 6.07) is 38.5. The van der Waals surface area contributed by atoms with E-state index in [9.17, 15) is 0 Å². The largest absolute Gasteiger partial charge is 0.454 e. The van der Waals surface area contributed by atoms with Gasteiger partial charge in [0.1, 0.15) is 11.3 Å². The van der Waals surface area contributed by atoms with Crippen LogP contribution in [0.4, 0.5) is 11.6 Å². The van der Waals surface area contributed by atoms with Crippen LogP contribution in [0.15, 0.2) is 126 Å². The Labute approximate surface area is 285 Å². The maximum absolute atomic E-state index is 8.54. The number of para-hydroxylation sites is 2. The van der Waals surface area contributed by atoms with Gasteiger partial charge in [0.2, 0.25) is 0 Å². The van der Waals surface area contributed by atoms with Crippen LogP contribution in [-0.2, 0) is 0 Å². The fourth-order valence-corrected chi connectivity index (χ4v) is 7.40. The second kappa shape index (κ2) is 9.90. The molecule has 228 valence electrons. The number of nitrogens with zero attached hydrogens (tertiary/aromatic N) is 3. The molecule has 2 aromatic heterocycles. The summed E-state index contributed by atoms with van der Waals surface area (Å²) in [6.07, 6.45) is 0. The second-order valence-corrected chi connectivity index (χ2v) is 12.2. The zero-order valence-electron chi connectivity index (χ0n) is 31.7. The first kappa shape index (κ1) is 21.6. The smallest absolute Gasteiger partial charge is 0.265 e. The van der Waals surface area contributed by atoms with Crippen molar-refractivity contribution in [1.82, 2.24) is 9.97 Å². The summed E-state index contributed by atoms with van der Waals surface area (Å²) in [4.78, 5) is 17.1. The molecule has 0 N–H and O–H groups in total. The lowest BCUT2D eigenvalue weighted by Gasteiger charge is -2.32. The Kier molecular flexibility index (Phi) is 4.45. The van der Waals surface area contributed by atoms with Crippen LogP contribution >= 0.6 is 0 Å². The minimum atomic E-state index is -2.65. The lowest BCUT2D eigenvalue weighted by molar-refractivity contribution is 0.315. The van der Waals surface area contributed by atoms with Crippen LogP contribution in [-0.4, -0.2) is 9.97 Å². The SMILES string of the molecule is [2H]C([2H])([2H])c1cc(C)c(-c2nc(N3Oc4ccc5ccccc5c4-c4c3c3oc5ccccc5c3c3ccccc43)nc3ccccc23)c(C([2H])([2H])[2H])c1. The first-order valence-electron chi connectivity index (χ1n) is 18.8. The molecule has 0 saturated carbocycles. The van der Waals surface area contributed by atoms with Crippen molar-refractivity contribution in [2.24, 2.45) is 0 Å². The average Bonchev–Trinajstić information content (AvgIpc) is 3.56. The highest BCUT2D eigenvalue weighted by Crippen LogP contribution is 2.55. The molecule has 9 aromatic rings. The number of aryl methyl sites for hydroxylation is 3. The third kappa shape index (κ3) is 3.73. The maximum Gasteiger partial charge on any atom is 0.265 e. The number of aromatic nitrogens is 2. The van der Waals surface area contributed by atoms with Gasteiger partial charge in [-0.3, -0.25) is 0 Å². The zero-order valence-corrected chi connectivity index (χ0v) is 25.7. The molecule has 0 saturated heterocycles. The van der Waals surface area contributed by atoms with E-state index in [0.29, 0.717) is 50.3 Å². The van der Waals surface area contributed by atoms with Crippen LogP contribution < -0.4 is 9.90 Å². The fraction of sp³-hybridized carbons (Fsp3) is 0.0698. The standard InChI is InChI=1S/C43H29N3O2/c1-24-22-25(2)36(26(3)23-24)40-31-16-8-10-18-33(31)44-43(45-40)46-41-39(38-28-13-5-4-12-27(28)20-21-35(38)48-46)30-15-7-6-14-29(30)37-32-17-9-11-19-34(32)47-42(37)41/h4-23H,1-3H3/i1D3,2D3. The van der Waals surface area contributed by atoms with E-state index < -0.39 is 13.7 Å². The Morgan fingerprint density at radius 3 is 2.21 bits per heavy atom. The molecule has 0 radical (unpaired) electrons. The Hall–Kier alpha value is -6.20. The van der Waals surface area contributed by atoms with Crippen LogP contribution in [0.1, 0.15) is 24.9 Å². The van der Waals surface area contributed by atoms with Crippen LogP contribution in [0.5, 0.6) is 5.75 Å². The quantitative estimate of drug-likeness (QED) is 0.191. The van der Waals surface area contributed by atoms with Crippen molar-refractivity contribution in [2.75, 3.05) is 5.06 Å². The fourth-order valence-electron chi connectivity index (χ4n) is 7.40. The van der Waals surface area contributed by atoms with Gasteiger partial charge in [0.25, 0.3) is 5.95 Å². The summed E-state index contributed by atoms with van der Waals surface area (Å²) in [5.41, 5.74) is 5.20. The van der Waals surface area contributed by atoms with E-state index in [2.05, 4.69) is 24.3 Å². The van der Waals surface area contributed by atoms with Crippen molar-refractivity contribution in [3.63, 3.8) is 0 Å². The van der Waals surface area contributed by atoms with Crippen LogP contribution in [0.2, 0.25) is 0 Å². The van der Waals surface area contributed by atoms with Crippen LogP contribution in [0.3, 0.4) is 0 Å². The topological polar surface area (TPSA) is 51.4 Å². The Morgan fingerprint density at radius 1 is 0.625 bits per heavy atom. The van der Waals surface area contributed by atoms with E-state index >= 15 is 0 Å². The third-order valence-electron chi connectivity index (χ3n) is 9.39. The molecular weight excluding hydrogens is 590 g/mol. The number of anilines is 2. The van der Waals surface area contributed by atoms with E-state index in [4.69, 9.17) is 27.4 Å². The normalized spacial score (nSPS) is 15.0. The molecule has 5 nitrogen and oxygen atoms in total. The Bertz CT molecular complexity index is 3040. The van der Waals surface area contributed by atoms with Gasteiger partial charge in [0, 0.05) is 41.1 Å². The van der Waals surface area contributed by atoms with Gasteiger partial charge >= 0.3 is 0 Å². The van der Waals surface area contributed by atoms with Crippen molar-refractivity contribution < 1.29 is 17.5 Å². The van der Waals surface area contributed by atoms with Crippen molar-refractivity contribution >= 4 is 66.0 Å². The summed E-state index contributed by atoms with van der Waals surface area (Å²) in [5, 5.41) is 8.12. The molecule has 10 rings (SSSR count). The first-order valence-corrected chi connectivity index (χ1v) is 15.8. The summed E-state index contributed by atoms with van der Waals surface area (Å²) in [6.45, 7) is -3.44. The predicted molar refractivity (Wildman–Crippen MR) is 196 cm³/mol. The van der Waals surface area contributed by atoms with E-state index in [1.54, 1.807) is 12.0 Å². The van der Waals surface area contributed by atoms with Gasteiger partial charge in [-0.1, -0.05) is 109 Å². The van der Waals surface area contributed by atoms with Gasteiger partial charge in [0.05, 0.1) is 11.2 Å². The lowest BCUT2D eigenvalue weighted by Crippen LogP contribution is -2.28. The molecule has 0 atom stereocenters. The number of fused-ring (bicyclic) bond motifs is 13. The van der Waals surface area contributed by atoms with Gasteiger partial charge in [-0.15, -0.1) is 5.06 Å². The highest BCUT2D eigenvalue weighted by molar-refractivity contribution is 6.29. The second-order valence-electron chi connectivity index (χ2n) is 12.2. The van der Waals surface area contributed by atoms with Gasteiger partial charge in [0.15, 0.2) is 11.3 Å². The number of hydrogen-bond donors (Lipinski definition) is 0. The first-order chi connectivity index (χ1) is 26.0. The molecule has 48 heavy (non-hydrogen) atoms. The molecule has 0 unspecified atom stereocenters. The molecule has 1 aliphatic heterocycles. The highest BCUT2D eigenvalue weighted by atomic mass is 16.7. The van der Waals surface area contributed by atoms with Gasteiger partial charge < -0.3 is 9.25 Å². The van der Waals surface area contributed by atoms with E-state index in [0.717, 1.165) is 43.4 Å². The number of rotatable bonds is 2. The number of furan rings is 1. The number of benzene rings is 7. The molecule has 0 fully saturated rings. The number of hydrogen-bond acceptors (Lipinski definition) is 5. The Morgan fingerprint density at radius 2 is 1.35 bits per heavy atom. The summed E-state index contributed by atoms with van der Waals surface area (Å²) in [7, 11) is 0. The van der Waals surface area contributed by atoms with Gasteiger partial charge in [-0.05, 0) is 71.5 Å². The molecule has 0 bridgehead atoms. The maximum atomic E-state index is 8.54. The van der Waals surface area contributed by atoms with Gasteiger partial charge in [-0.25, -0.2) is 9.97 Å². The Balaban J connectivity index is 1.34. The molecule has 0 aliphatic carbocycles. The molecule has 0 amide bonds. The average molecular weight is 626 g/mol. The monoisotopic (exact) mass is 625 g/mol. The lowest BCUT2D eigenvalue weighted by atomic mass is 9.89. The molecule has 1 aliphatic rings. The zero-order chi connectivity index (χ0) is 37.1. The van der Waals surface area contributed by atoms with E-state index in [1.807, 2.05) is 84.9 Å². The van der Waals surface area contributed by atoms with Crippen molar-refractivity contribution in [3.8, 4) is 28.1 Å².